The van der Waals surface area contributed by atoms with E-state index in [4.69, 9.17) is 9.15 Å². The number of hydrogen-bond donors (Lipinski definition) is 1. The van der Waals surface area contributed by atoms with Gasteiger partial charge in [-0.3, -0.25) is 4.79 Å². The Morgan fingerprint density at radius 1 is 1.23 bits per heavy atom. The number of nitrogens with zero attached hydrogens (tertiary/aromatic N) is 2. The molecule has 3 rings (SSSR count). The summed E-state index contributed by atoms with van der Waals surface area (Å²) in [5, 5.41) is 6.90. The monoisotopic (exact) mass is 351 g/mol. The summed E-state index contributed by atoms with van der Waals surface area (Å²) < 4.78 is 11.7. The molecule has 0 bridgehead atoms. The van der Waals surface area contributed by atoms with Crippen molar-refractivity contribution < 1.29 is 18.7 Å². The number of rotatable bonds is 6. The van der Waals surface area contributed by atoms with Crippen LogP contribution in [0.15, 0.2) is 65.4 Å². The highest BCUT2D eigenvalue weighted by molar-refractivity contribution is 6.05. The summed E-state index contributed by atoms with van der Waals surface area (Å²) in [6, 6.07) is 12.6. The Kier molecular flexibility index (Phi) is 5.28. The smallest absolute Gasteiger partial charge is 0.343 e. The predicted molar refractivity (Wildman–Crippen MR) is 95.9 cm³/mol. The number of esters is 1. The van der Waals surface area contributed by atoms with Crippen LogP contribution in [0.3, 0.4) is 0 Å². The van der Waals surface area contributed by atoms with Crippen molar-refractivity contribution in [3.8, 4) is 5.69 Å². The lowest BCUT2D eigenvalue weighted by atomic mass is 10.3. The molecule has 3 aromatic rings. The van der Waals surface area contributed by atoms with Crippen molar-refractivity contribution in [2.24, 2.45) is 0 Å². The number of benzene rings is 1. The molecule has 0 saturated carbocycles. The first kappa shape index (κ1) is 17.2. The molecule has 0 spiro atoms. The first-order valence-electron chi connectivity index (χ1n) is 8.02. The summed E-state index contributed by atoms with van der Waals surface area (Å²) >= 11 is 0. The van der Waals surface area contributed by atoms with E-state index in [1.54, 1.807) is 19.1 Å². The van der Waals surface area contributed by atoms with Crippen LogP contribution < -0.4 is 5.32 Å². The van der Waals surface area contributed by atoms with Gasteiger partial charge >= 0.3 is 5.97 Å². The molecule has 26 heavy (non-hydrogen) atoms. The van der Waals surface area contributed by atoms with Crippen molar-refractivity contribution in [2.45, 2.75) is 6.92 Å². The van der Waals surface area contributed by atoms with Crippen molar-refractivity contribution >= 4 is 23.8 Å². The Labute approximate surface area is 149 Å². The average molecular weight is 351 g/mol. The number of carbonyl (C=O) groups excluding carboxylic acids is 2. The summed E-state index contributed by atoms with van der Waals surface area (Å²) in [6.45, 7) is 1.94. The summed E-state index contributed by atoms with van der Waals surface area (Å²) in [7, 11) is 0. The molecule has 7 nitrogen and oxygen atoms in total. The number of hydrogen-bond acceptors (Lipinski definition) is 5. The third-order valence-corrected chi connectivity index (χ3v) is 3.45. The molecule has 2 heterocycles. The molecule has 0 aliphatic rings. The van der Waals surface area contributed by atoms with Gasteiger partial charge in [0, 0.05) is 6.08 Å². The molecule has 1 aromatic carbocycles. The van der Waals surface area contributed by atoms with Gasteiger partial charge in [-0.2, -0.15) is 5.10 Å². The highest BCUT2D eigenvalue weighted by atomic mass is 16.5. The van der Waals surface area contributed by atoms with Gasteiger partial charge in [0.1, 0.15) is 11.3 Å². The van der Waals surface area contributed by atoms with E-state index in [0.717, 1.165) is 0 Å². The van der Waals surface area contributed by atoms with E-state index in [2.05, 4.69) is 10.4 Å². The Morgan fingerprint density at radius 3 is 2.73 bits per heavy atom. The van der Waals surface area contributed by atoms with E-state index in [0.29, 0.717) is 11.4 Å². The van der Waals surface area contributed by atoms with Crippen LogP contribution >= 0.6 is 0 Å². The molecule has 0 radical (unpaired) electrons. The number of amides is 1. The number of anilines is 1. The van der Waals surface area contributed by atoms with E-state index in [1.165, 1.54) is 29.3 Å². The molecule has 132 valence electrons. The van der Waals surface area contributed by atoms with Crippen LogP contribution in [0.25, 0.3) is 11.8 Å². The topological polar surface area (TPSA) is 86.4 Å². The number of ether oxygens (including phenoxy) is 1. The highest BCUT2D eigenvalue weighted by Gasteiger charge is 2.20. The maximum absolute atomic E-state index is 12.3. The van der Waals surface area contributed by atoms with Gasteiger partial charge in [-0.05, 0) is 37.3 Å². The fourth-order valence-electron chi connectivity index (χ4n) is 2.29. The molecule has 0 unspecified atom stereocenters. The first-order valence-corrected chi connectivity index (χ1v) is 8.02. The van der Waals surface area contributed by atoms with E-state index >= 15 is 0 Å². The molecular weight excluding hydrogens is 334 g/mol. The third kappa shape index (κ3) is 3.89. The van der Waals surface area contributed by atoms with Gasteiger partial charge in [-0.25, -0.2) is 9.48 Å². The Balaban J connectivity index is 1.90. The van der Waals surface area contributed by atoms with Crippen molar-refractivity contribution in [1.29, 1.82) is 0 Å². The van der Waals surface area contributed by atoms with Crippen LogP contribution in [0.5, 0.6) is 0 Å². The standard InChI is InChI=1S/C19H17N3O4/c1-2-25-19(24)16-13-20-22(14-7-4-3-5-8-14)18(16)21-17(23)11-10-15-9-6-12-26-15/h3-13H,2H2,1H3,(H,21,23)/b11-10+. The fourth-order valence-corrected chi connectivity index (χ4v) is 2.29. The average Bonchev–Trinajstić information content (AvgIpc) is 3.31. The maximum atomic E-state index is 12.3. The molecule has 0 aliphatic heterocycles. The van der Waals surface area contributed by atoms with Crippen LogP contribution in [0.1, 0.15) is 23.0 Å². The van der Waals surface area contributed by atoms with Crippen molar-refractivity contribution in [3.05, 3.63) is 72.3 Å². The molecule has 0 aliphatic carbocycles. The zero-order valence-corrected chi connectivity index (χ0v) is 14.1. The zero-order chi connectivity index (χ0) is 18.4. The molecule has 2 aromatic heterocycles. The molecule has 0 fully saturated rings. The summed E-state index contributed by atoms with van der Waals surface area (Å²) in [6.07, 6.45) is 5.73. The molecule has 1 N–H and O–H groups in total. The van der Waals surface area contributed by atoms with E-state index in [1.807, 2.05) is 30.3 Å². The minimum atomic E-state index is -0.556. The molecule has 7 heteroatoms. The Morgan fingerprint density at radius 2 is 2.04 bits per heavy atom. The quantitative estimate of drug-likeness (QED) is 0.544. The van der Waals surface area contributed by atoms with E-state index < -0.39 is 11.9 Å². The van der Waals surface area contributed by atoms with Gasteiger partial charge in [-0.1, -0.05) is 18.2 Å². The van der Waals surface area contributed by atoms with Gasteiger partial charge in [0.05, 0.1) is 24.8 Å². The Hall–Kier alpha value is -3.61. The second kappa shape index (κ2) is 7.98. The normalized spacial score (nSPS) is 10.8. The van der Waals surface area contributed by atoms with Crippen LogP contribution in [0.4, 0.5) is 5.82 Å². The minimum Gasteiger partial charge on any atom is -0.465 e. The van der Waals surface area contributed by atoms with Crippen LogP contribution in [0, 0.1) is 0 Å². The van der Waals surface area contributed by atoms with E-state index in [9.17, 15) is 9.59 Å². The van der Waals surface area contributed by atoms with Crippen LogP contribution in [0.2, 0.25) is 0 Å². The van der Waals surface area contributed by atoms with Crippen LogP contribution in [-0.2, 0) is 9.53 Å². The predicted octanol–water partition coefficient (Wildman–Crippen LogP) is 3.29. The second-order valence-electron chi connectivity index (χ2n) is 5.21. The van der Waals surface area contributed by atoms with Gasteiger partial charge in [0.25, 0.3) is 0 Å². The van der Waals surface area contributed by atoms with Gasteiger partial charge in [0.2, 0.25) is 5.91 Å². The van der Waals surface area contributed by atoms with Gasteiger partial charge in [0.15, 0.2) is 5.82 Å². The van der Waals surface area contributed by atoms with Gasteiger partial charge in [-0.15, -0.1) is 0 Å². The molecular formula is C19H17N3O4. The lowest BCUT2D eigenvalue weighted by Crippen LogP contribution is -2.16. The maximum Gasteiger partial charge on any atom is 0.343 e. The number of carbonyl (C=O) groups is 2. The molecule has 0 saturated heterocycles. The molecule has 0 atom stereocenters. The summed E-state index contributed by atoms with van der Waals surface area (Å²) in [5.41, 5.74) is 0.879. The van der Waals surface area contributed by atoms with Gasteiger partial charge < -0.3 is 14.5 Å². The van der Waals surface area contributed by atoms with Crippen molar-refractivity contribution in [3.63, 3.8) is 0 Å². The summed E-state index contributed by atoms with van der Waals surface area (Å²) in [4.78, 5) is 24.5. The van der Waals surface area contributed by atoms with Crippen molar-refractivity contribution in [1.82, 2.24) is 9.78 Å². The number of para-hydroxylation sites is 1. The number of furan rings is 1. The SMILES string of the molecule is CCOC(=O)c1cnn(-c2ccccc2)c1NC(=O)/C=C/c1ccco1. The third-order valence-electron chi connectivity index (χ3n) is 3.45. The van der Waals surface area contributed by atoms with E-state index in [-0.39, 0.29) is 18.0 Å². The Bertz CT molecular complexity index is 912. The number of aromatic nitrogens is 2. The largest absolute Gasteiger partial charge is 0.465 e. The first-order chi connectivity index (χ1) is 12.7. The minimum absolute atomic E-state index is 0.176. The second-order valence-corrected chi connectivity index (χ2v) is 5.21. The molecule has 1 amide bonds. The lowest BCUT2D eigenvalue weighted by molar-refractivity contribution is -0.111. The van der Waals surface area contributed by atoms with Crippen LogP contribution in [-0.4, -0.2) is 28.3 Å². The highest BCUT2D eigenvalue weighted by Crippen LogP contribution is 2.21. The fraction of sp³-hybridized carbons (Fsp3) is 0.105. The summed E-state index contributed by atoms with van der Waals surface area (Å²) in [5.74, 6) is -0.198. The zero-order valence-electron chi connectivity index (χ0n) is 14.1. The van der Waals surface area contributed by atoms with Crippen molar-refractivity contribution in [2.75, 3.05) is 11.9 Å². The lowest BCUT2D eigenvalue weighted by Gasteiger charge is -2.09. The number of nitrogens with one attached hydrogen (secondary N) is 1.